The van der Waals surface area contributed by atoms with Crippen molar-refractivity contribution in [3.05, 3.63) is 99.1 Å². The summed E-state index contributed by atoms with van der Waals surface area (Å²) >= 11 is 6.23. The van der Waals surface area contributed by atoms with Gasteiger partial charge in [0.25, 0.3) is 11.6 Å². The first-order valence-electron chi connectivity index (χ1n) is 13.4. The summed E-state index contributed by atoms with van der Waals surface area (Å²) in [6.45, 7) is 3.74. The Hall–Kier alpha value is -5.70. The molecule has 5 rings (SSSR count). The van der Waals surface area contributed by atoms with Gasteiger partial charge >= 0.3 is 6.09 Å². The lowest BCUT2D eigenvalue weighted by Gasteiger charge is -2.43. The van der Waals surface area contributed by atoms with Crippen molar-refractivity contribution >= 4 is 52.6 Å². The number of rotatable bonds is 7. The van der Waals surface area contributed by atoms with Crippen LogP contribution >= 0.6 is 11.6 Å². The van der Waals surface area contributed by atoms with E-state index in [9.17, 15) is 24.5 Å². The fourth-order valence-electron chi connectivity index (χ4n) is 5.00. The molecule has 1 unspecified atom stereocenters. The number of carbonyl (C=O) groups excluding carboxylic acids is 3. The molecule has 1 atom stereocenters. The largest absolute Gasteiger partial charge is 0.453 e. The quantitative estimate of drug-likeness (QED) is 0.169. The Morgan fingerprint density at radius 3 is 2.47 bits per heavy atom. The fraction of sp³-hybridized carbons (Fsp3) is 0.207. The number of amides is 3. The molecule has 1 aliphatic heterocycles. The van der Waals surface area contributed by atoms with Crippen LogP contribution in [-0.4, -0.2) is 66.6 Å². The lowest BCUT2D eigenvalue weighted by molar-refractivity contribution is -0.385. The van der Waals surface area contributed by atoms with Crippen LogP contribution in [0.4, 0.5) is 21.9 Å². The Morgan fingerprint density at radius 1 is 1.11 bits per heavy atom. The number of halogens is 1. The van der Waals surface area contributed by atoms with Crippen LogP contribution in [0.2, 0.25) is 5.02 Å². The molecule has 2 aromatic heterocycles. The second-order valence-electron chi connectivity index (χ2n) is 10.6. The predicted molar refractivity (Wildman–Crippen MR) is 163 cm³/mol. The molecular formula is C29H26ClN9O6. The highest BCUT2D eigenvalue weighted by Gasteiger charge is 2.44. The summed E-state index contributed by atoms with van der Waals surface area (Å²) in [6.07, 6.45) is 4.69. The highest BCUT2D eigenvalue weighted by atomic mass is 35.5. The van der Waals surface area contributed by atoms with E-state index in [1.165, 1.54) is 41.2 Å². The molecule has 3 heterocycles. The summed E-state index contributed by atoms with van der Waals surface area (Å²) < 4.78 is 6.00. The summed E-state index contributed by atoms with van der Waals surface area (Å²) in [5.41, 5.74) is 1.45. The minimum absolute atomic E-state index is 0.0729. The Morgan fingerprint density at radius 2 is 1.82 bits per heavy atom. The van der Waals surface area contributed by atoms with Crippen LogP contribution in [0.15, 0.2) is 67.1 Å². The molecule has 3 amide bonds. The van der Waals surface area contributed by atoms with E-state index in [4.69, 9.17) is 11.6 Å². The van der Waals surface area contributed by atoms with Gasteiger partial charge in [0.15, 0.2) is 0 Å². The second kappa shape index (κ2) is 12.5. The van der Waals surface area contributed by atoms with E-state index < -0.39 is 34.3 Å². The molecule has 4 aromatic rings. The lowest BCUT2D eigenvalue weighted by atomic mass is 9.78. The van der Waals surface area contributed by atoms with Gasteiger partial charge in [-0.05, 0) is 59.0 Å². The van der Waals surface area contributed by atoms with E-state index in [0.29, 0.717) is 33.3 Å². The lowest BCUT2D eigenvalue weighted by Crippen LogP contribution is -2.51. The monoisotopic (exact) mass is 631 g/mol. The third-order valence-electron chi connectivity index (χ3n) is 7.03. The number of anilines is 2. The van der Waals surface area contributed by atoms with Crippen molar-refractivity contribution in [2.45, 2.75) is 25.3 Å². The van der Waals surface area contributed by atoms with Gasteiger partial charge in [0.2, 0.25) is 5.91 Å². The first-order chi connectivity index (χ1) is 21.5. The number of pyridine rings is 1. The maximum absolute atomic E-state index is 13.9. The Balaban J connectivity index is 1.51. The van der Waals surface area contributed by atoms with Crippen molar-refractivity contribution in [2.75, 3.05) is 24.3 Å². The molecule has 45 heavy (non-hydrogen) atoms. The van der Waals surface area contributed by atoms with Gasteiger partial charge in [-0.25, -0.2) is 4.79 Å². The van der Waals surface area contributed by atoms with Gasteiger partial charge in [-0.3, -0.25) is 30.0 Å². The van der Waals surface area contributed by atoms with Crippen LogP contribution in [-0.2, 0) is 19.7 Å². The van der Waals surface area contributed by atoms with Crippen molar-refractivity contribution in [3.8, 4) is 5.69 Å². The number of carbonyl (C=O) groups is 3. The molecule has 0 saturated carbocycles. The van der Waals surface area contributed by atoms with Crippen molar-refractivity contribution in [2.24, 2.45) is 0 Å². The molecule has 0 saturated heterocycles. The standard InChI is InChI=1S/C29H26ClN9O6/c1-29(2)15-37(24(40)11-4-17-12-18(30)5-10-23(17)38-16-32-35-36-38)25(22-13-21(39(43)44)14-31-26(22)29)27(41)33-19-6-8-20(9-7-19)34-28(42)45-3/h4-14,16,25H,15H2,1-3H3,(H,33,41)(H,34,42)/b11-4+. The summed E-state index contributed by atoms with van der Waals surface area (Å²) in [7, 11) is 1.23. The van der Waals surface area contributed by atoms with Crippen molar-refractivity contribution < 1.29 is 24.0 Å². The zero-order chi connectivity index (χ0) is 32.3. The molecule has 230 valence electrons. The normalized spacial score (nSPS) is 15.3. The number of fused-ring (bicyclic) bond motifs is 1. The first kappa shape index (κ1) is 30.7. The Kier molecular flexibility index (Phi) is 8.54. The van der Waals surface area contributed by atoms with E-state index in [0.717, 1.165) is 6.20 Å². The number of benzene rings is 2. The molecule has 16 heteroatoms. The minimum atomic E-state index is -1.27. The Labute approximate surface area is 261 Å². The molecule has 0 fully saturated rings. The Bertz CT molecular complexity index is 1810. The highest BCUT2D eigenvalue weighted by molar-refractivity contribution is 6.30. The molecular weight excluding hydrogens is 606 g/mol. The van der Waals surface area contributed by atoms with Crippen LogP contribution in [0.3, 0.4) is 0 Å². The molecule has 0 radical (unpaired) electrons. The van der Waals surface area contributed by atoms with Crippen molar-refractivity contribution in [1.29, 1.82) is 0 Å². The van der Waals surface area contributed by atoms with E-state index in [-0.39, 0.29) is 17.8 Å². The third kappa shape index (κ3) is 6.62. The topological polar surface area (TPSA) is 187 Å². The summed E-state index contributed by atoms with van der Waals surface area (Å²) in [5, 5.41) is 28.6. The molecule has 0 bridgehead atoms. The first-order valence-corrected chi connectivity index (χ1v) is 13.8. The van der Waals surface area contributed by atoms with Crippen LogP contribution in [0.5, 0.6) is 0 Å². The number of nitrogens with zero attached hydrogens (tertiary/aromatic N) is 7. The van der Waals surface area contributed by atoms with Gasteiger partial charge in [-0.2, -0.15) is 4.68 Å². The predicted octanol–water partition coefficient (Wildman–Crippen LogP) is 4.31. The fourth-order valence-corrected chi connectivity index (χ4v) is 5.18. The zero-order valence-electron chi connectivity index (χ0n) is 24.2. The number of nitro groups is 1. The highest BCUT2D eigenvalue weighted by Crippen LogP contribution is 2.40. The average molecular weight is 632 g/mol. The molecule has 0 spiro atoms. The van der Waals surface area contributed by atoms with E-state index >= 15 is 0 Å². The molecule has 2 N–H and O–H groups in total. The van der Waals surface area contributed by atoms with Crippen LogP contribution in [0.25, 0.3) is 11.8 Å². The molecule has 2 aromatic carbocycles. The molecule has 0 aliphatic carbocycles. The van der Waals surface area contributed by atoms with Crippen LogP contribution < -0.4 is 10.6 Å². The average Bonchev–Trinajstić information content (AvgIpc) is 3.55. The van der Waals surface area contributed by atoms with Gasteiger partial charge in [-0.15, -0.1) is 5.10 Å². The number of methoxy groups -OCH3 is 1. The number of hydrogen-bond donors (Lipinski definition) is 2. The van der Waals surface area contributed by atoms with Gasteiger partial charge in [-0.1, -0.05) is 25.4 Å². The number of tetrazole rings is 1. The van der Waals surface area contributed by atoms with Gasteiger partial charge in [0.05, 0.1) is 23.4 Å². The number of nitrogens with one attached hydrogen (secondary N) is 2. The minimum Gasteiger partial charge on any atom is -0.453 e. The third-order valence-corrected chi connectivity index (χ3v) is 7.27. The van der Waals surface area contributed by atoms with Crippen molar-refractivity contribution in [1.82, 2.24) is 30.1 Å². The summed E-state index contributed by atoms with van der Waals surface area (Å²) in [5.74, 6) is -1.16. The van der Waals surface area contributed by atoms with Crippen LogP contribution in [0, 0.1) is 10.1 Å². The van der Waals surface area contributed by atoms with Gasteiger partial charge < -0.3 is 15.0 Å². The summed E-state index contributed by atoms with van der Waals surface area (Å²) in [4.78, 5) is 56.1. The maximum atomic E-state index is 13.9. The van der Waals surface area contributed by atoms with Gasteiger partial charge in [0, 0.05) is 51.6 Å². The number of ether oxygens (including phenoxy) is 1. The number of aromatic nitrogens is 5. The molecule has 1 aliphatic rings. The SMILES string of the molecule is COC(=O)Nc1ccc(NC(=O)C2c3cc([N+](=O)[O-])cnc3C(C)(C)CN2C(=O)/C=C/c2cc(Cl)ccc2-n2cnnn2)cc1. The van der Waals surface area contributed by atoms with Crippen LogP contribution in [0.1, 0.15) is 36.7 Å². The summed E-state index contributed by atoms with van der Waals surface area (Å²) in [6, 6.07) is 11.2. The van der Waals surface area contributed by atoms with E-state index in [1.807, 2.05) is 13.8 Å². The van der Waals surface area contributed by atoms with E-state index in [1.54, 1.807) is 42.5 Å². The molecule has 15 nitrogen and oxygen atoms in total. The number of hydrogen-bond acceptors (Lipinski definition) is 10. The van der Waals surface area contributed by atoms with E-state index in [2.05, 4.69) is 35.9 Å². The smallest absolute Gasteiger partial charge is 0.411 e. The van der Waals surface area contributed by atoms with Gasteiger partial charge in [0.1, 0.15) is 18.6 Å². The zero-order valence-corrected chi connectivity index (χ0v) is 24.9. The van der Waals surface area contributed by atoms with Crippen molar-refractivity contribution in [3.63, 3.8) is 0 Å². The maximum Gasteiger partial charge on any atom is 0.411 e. The second-order valence-corrected chi connectivity index (χ2v) is 11.1.